The van der Waals surface area contributed by atoms with Gasteiger partial charge in [-0.1, -0.05) is 13.8 Å². The number of anilines is 1. The van der Waals surface area contributed by atoms with Crippen LogP contribution in [0, 0.1) is 5.92 Å². The monoisotopic (exact) mass is 322 g/mol. The zero-order valence-electron chi connectivity index (χ0n) is 13.7. The summed E-state index contributed by atoms with van der Waals surface area (Å²) in [7, 11) is 0. The fourth-order valence-electron chi connectivity index (χ4n) is 2.70. The Kier molecular flexibility index (Phi) is 4.81. The Bertz CT molecular complexity index is 520. The highest BCUT2D eigenvalue weighted by atomic mass is 32.1. The molecule has 2 unspecified atom stereocenters. The van der Waals surface area contributed by atoms with Gasteiger partial charge in [-0.25, -0.2) is 4.98 Å². The lowest BCUT2D eigenvalue weighted by Crippen LogP contribution is -2.53. The van der Waals surface area contributed by atoms with E-state index in [0.717, 1.165) is 62.0 Å². The molecule has 1 saturated heterocycles. The molecule has 22 heavy (non-hydrogen) atoms. The number of rotatable bonds is 4. The molecule has 122 valence electrons. The van der Waals surface area contributed by atoms with E-state index in [1.54, 1.807) is 0 Å². The summed E-state index contributed by atoms with van der Waals surface area (Å²) in [6.07, 6.45) is 2.18. The Labute approximate surface area is 136 Å². The molecule has 1 aliphatic heterocycles. The molecule has 0 spiro atoms. The number of nitrogens with one attached hydrogen (secondary N) is 1. The van der Waals surface area contributed by atoms with E-state index < -0.39 is 0 Å². The normalized spacial score (nSPS) is 25.5. The molecule has 1 saturated carbocycles. The Morgan fingerprint density at radius 3 is 2.59 bits per heavy atom. The van der Waals surface area contributed by atoms with Crippen molar-refractivity contribution in [1.29, 1.82) is 0 Å². The Morgan fingerprint density at radius 1 is 1.32 bits per heavy atom. The minimum absolute atomic E-state index is 0.624. The van der Waals surface area contributed by atoms with Crippen molar-refractivity contribution in [2.24, 2.45) is 10.9 Å². The van der Waals surface area contributed by atoms with Crippen LogP contribution in [0.2, 0.25) is 0 Å². The number of aromatic nitrogens is 2. The van der Waals surface area contributed by atoms with Gasteiger partial charge in [0.05, 0.1) is 0 Å². The van der Waals surface area contributed by atoms with Crippen LogP contribution in [-0.2, 0) is 6.42 Å². The Balaban J connectivity index is 1.56. The van der Waals surface area contributed by atoms with Crippen LogP contribution in [0.5, 0.6) is 0 Å². The van der Waals surface area contributed by atoms with Crippen molar-refractivity contribution in [3.8, 4) is 0 Å². The lowest BCUT2D eigenvalue weighted by molar-refractivity contribution is 0.370. The van der Waals surface area contributed by atoms with Crippen LogP contribution < -0.4 is 10.2 Å². The van der Waals surface area contributed by atoms with Gasteiger partial charge < -0.3 is 15.1 Å². The van der Waals surface area contributed by atoms with Crippen molar-refractivity contribution in [1.82, 2.24) is 19.6 Å². The standard InChI is InChI=1S/C15H26N6S/c1-4-13-18-15(22-19-13)21-8-6-20(7-9-21)14(16-5-2)17-12-10-11(12)3/h11-12H,4-10H2,1-3H3,(H,16,17). The van der Waals surface area contributed by atoms with Gasteiger partial charge in [-0.15, -0.1) is 0 Å². The molecule has 7 heteroatoms. The number of piperazine rings is 1. The minimum atomic E-state index is 0.624. The zero-order valence-corrected chi connectivity index (χ0v) is 14.6. The molecule has 0 radical (unpaired) electrons. The van der Waals surface area contributed by atoms with E-state index in [9.17, 15) is 0 Å². The van der Waals surface area contributed by atoms with Gasteiger partial charge in [-0.05, 0) is 19.3 Å². The topological polar surface area (TPSA) is 56.7 Å². The summed E-state index contributed by atoms with van der Waals surface area (Å²) in [5.41, 5.74) is 0. The molecular formula is C15H26N6S. The summed E-state index contributed by atoms with van der Waals surface area (Å²) in [5.74, 6) is 2.83. The Morgan fingerprint density at radius 2 is 2.05 bits per heavy atom. The summed E-state index contributed by atoms with van der Waals surface area (Å²) in [6, 6.07) is 0.624. The largest absolute Gasteiger partial charge is 0.353 e. The average Bonchev–Trinajstić information content (AvgIpc) is 3.04. The second kappa shape index (κ2) is 6.81. The second-order valence-electron chi connectivity index (χ2n) is 6.08. The van der Waals surface area contributed by atoms with Crippen LogP contribution in [0.3, 0.4) is 0 Å². The van der Waals surface area contributed by atoms with Crippen molar-refractivity contribution in [2.75, 3.05) is 37.6 Å². The quantitative estimate of drug-likeness (QED) is 0.674. The average molecular weight is 322 g/mol. The lowest BCUT2D eigenvalue weighted by Gasteiger charge is -2.36. The summed E-state index contributed by atoms with van der Waals surface area (Å²) < 4.78 is 4.39. The van der Waals surface area contributed by atoms with E-state index in [0.29, 0.717) is 6.04 Å². The molecule has 1 aromatic rings. The number of hydrogen-bond acceptors (Lipinski definition) is 5. The molecule has 1 aliphatic carbocycles. The first kappa shape index (κ1) is 15.5. The van der Waals surface area contributed by atoms with Crippen LogP contribution in [0.25, 0.3) is 0 Å². The SMILES string of the molecule is CCN=C(NC1CC1C)N1CCN(c2nc(CC)ns2)CC1. The highest BCUT2D eigenvalue weighted by molar-refractivity contribution is 7.09. The third-order valence-electron chi connectivity index (χ3n) is 4.36. The van der Waals surface area contributed by atoms with Crippen molar-refractivity contribution in [3.05, 3.63) is 5.82 Å². The number of nitrogens with zero attached hydrogens (tertiary/aromatic N) is 5. The molecule has 2 fully saturated rings. The maximum atomic E-state index is 4.67. The lowest BCUT2D eigenvalue weighted by atomic mass is 10.3. The van der Waals surface area contributed by atoms with Gasteiger partial charge in [-0.3, -0.25) is 4.99 Å². The van der Waals surface area contributed by atoms with Crippen LogP contribution in [0.1, 0.15) is 33.0 Å². The van der Waals surface area contributed by atoms with Gasteiger partial charge in [0.15, 0.2) is 5.96 Å². The molecule has 0 aromatic carbocycles. The number of aliphatic imine (C=N–C) groups is 1. The van der Waals surface area contributed by atoms with E-state index in [2.05, 4.69) is 50.2 Å². The summed E-state index contributed by atoms with van der Waals surface area (Å²) >= 11 is 1.52. The first-order valence-electron chi connectivity index (χ1n) is 8.34. The Hall–Kier alpha value is -1.37. The van der Waals surface area contributed by atoms with Crippen molar-refractivity contribution < 1.29 is 0 Å². The summed E-state index contributed by atoms with van der Waals surface area (Å²) in [6.45, 7) is 11.3. The van der Waals surface area contributed by atoms with E-state index in [-0.39, 0.29) is 0 Å². The summed E-state index contributed by atoms with van der Waals surface area (Å²) in [4.78, 5) is 14.0. The molecule has 0 bridgehead atoms. The van der Waals surface area contributed by atoms with Crippen LogP contribution >= 0.6 is 11.5 Å². The molecule has 6 nitrogen and oxygen atoms in total. The minimum Gasteiger partial charge on any atom is -0.353 e. The fourth-order valence-corrected chi connectivity index (χ4v) is 3.50. The van der Waals surface area contributed by atoms with E-state index in [1.165, 1.54) is 18.0 Å². The molecule has 0 amide bonds. The smallest absolute Gasteiger partial charge is 0.205 e. The molecule has 2 aliphatic rings. The highest BCUT2D eigenvalue weighted by Gasteiger charge is 2.34. The van der Waals surface area contributed by atoms with E-state index in [1.807, 2.05) is 0 Å². The molecule has 2 atom stereocenters. The van der Waals surface area contributed by atoms with Crippen molar-refractivity contribution in [2.45, 2.75) is 39.7 Å². The predicted molar refractivity (Wildman–Crippen MR) is 91.8 cm³/mol. The van der Waals surface area contributed by atoms with Gasteiger partial charge in [0, 0.05) is 56.7 Å². The maximum Gasteiger partial charge on any atom is 0.205 e. The third-order valence-corrected chi connectivity index (χ3v) is 5.17. The second-order valence-corrected chi connectivity index (χ2v) is 6.81. The van der Waals surface area contributed by atoms with Crippen LogP contribution in [-0.4, -0.2) is 59.0 Å². The highest BCUT2D eigenvalue weighted by Crippen LogP contribution is 2.29. The first-order valence-corrected chi connectivity index (χ1v) is 9.12. The van der Waals surface area contributed by atoms with E-state index >= 15 is 0 Å². The first-order chi connectivity index (χ1) is 10.7. The van der Waals surface area contributed by atoms with Gasteiger partial charge >= 0.3 is 0 Å². The van der Waals surface area contributed by atoms with Gasteiger partial charge in [0.2, 0.25) is 5.13 Å². The maximum absolute atomic E-state index is 4.67. The van der Waals surface area contributed by atoms with Crippen LogP contribution in [0.4, 0.5) is 5.13 Å². The van der Waals surface area contributed by atoms with Gasteiger partial charge in [-0.2, -0.15) is 4.37 Å². The third kappa shape index (κ3) is 3.51. The zero-order chi connectivity index (χ0) is 15.5. The van der Waals surface area contributed by atoms with Gasteiger partial charge in [0.25, 0.3) is 0 Å². The number of hydrogen-bond donors (Lipinski definition) is 1. The van der Waals surface area contributed by atoms with Crippen LogP contribution in [0.15, 0.2) is 4.99 Å². The number of guanidine groups is 1. The molecule has 2 heterocycles. The molecular weight excluding hydrogens is 296 g/mol. The molecule has 1 N–H and O–H groups in total. The predicted octanol–water partition coefficient (Wildman–Crippen LogP) is 1.60. The van der Waals surface area contributed by atoms with E-state index in [4.69, 9.17) is 0 Å². The summed E-state index contributed by atoms with van der Waals surface area (Å²) in [5, 5.41) is 4.68. The van der Waals surface area contributed by atoms with Crippen molar-refractivity contribution in [3.63, 3.8) is 0 Å². The fraction of sp³-hybridized carbons (Fsp3) is 0.800. The number of aryl methyl sites for hydroxylation is 1. The van der Waals surface area contributed by atoms with Gasteiger partial charge in [0.1, 0.15) is 5.82 Å². The molecule has 1 aromatic heterocycles. The van der Waals surface area contributed by atoms with Crippen molar-refractivity contribution >= 4 is 22.6 Å². The molecule has 3 rings (SSSR count).